The van der Waals surface area contributed by atoms with Crippen molar-refractivity contribution in [1.82, 2.24) is 0 Å². The highest BCUT2D eigenvalue weighted by Crippen LogP contribution is 2.59. The lowest BCUT2D eigenvalue weighted by Gasteiger charge is -2.62. The van der Waals surface area contributed by atoms with Crippen molar-refractivity contribution in [1.29, 1.82) is 0 Å². The maximum absolute atomic E-state index is 13.1. The van der Waals surface area contributed by atoms with Crippen molar-refractivity contribution in [2.75, 3.05) is 13.6 Å². The normalized spacial score (nSPS) is 30.4. The molecule has 0 N–H and O–H groups in total. The summed E-state index contributed by atoms with van der Waals surface area (Å²) >= 11 is 0. The average Bonchev–Trinajstić information content (AvgIpc) is 2.92. The number of rotatable bonds is 11. The van der Waals surface area contributed by atoms with Gasteiger partial charge in [0.2, 0.25) is 5.60 Å². The lowest BCUT2D eigenvalue weighted by Crippen LogP contribution is -2.76. The molecule has 6 heteroatoms. The maximum Gasteiger partial charge on any atom is 0.308 e. The zero-order chi connectivity index (χ0) is 27.1. The smallest absolute Gasteiger partial charge is 0.308 e. The van der Waals surface area contributed by atoms with Crippen LogP contribution < -0.4 is 0 Å². The predicted octanol–water partition coefficient (Wildman–Crippen LogP) is 5.81. The quantitative estimate of drug-likeness (QED) is 0.123. The molecule has 1 aliphatic heterocycles. The molecule has 0 spiro atoms. The summed E-state index contributed by atoms with van der Waals surface area (Å²) in [6.45, 7) is 10.8. The summed E-state index contributed by atoms with van der Waals surface area (Å²) in [6, 6.07) is 19.8. The third kappa shape index (κ3) is 5.43. The molecule has 2 aromatic carbocycles. The van der Waals surface area contributed by atoms with Gasteiger partial charge in [-0.1, -0.05) is 80.6 Å². The Balaban J connectivity index is 1.60. The van der Waals surface area contributed by atoms with Gasteiger partial charge in [0.25, 0.3) is 0 Å². The van der Waals surface area contributed by atoms with E-state index < -0.39 is 22.7 Å². The molecular weight excluding hydrogens is 480 g/mol. The van der Waals surface area contributed by atoms with Crippen molar-refractivity contribution >= 4 is 5.97 Å². The third-order valence-corrected chi connectivity index (χ3v) is 7.88. The van der Waals surface area contributed by atoms with Crippen molar-refractivity contribution in [2.45, 2.75) is 70.6 Å². The topological polar surface area (TPSA) is 63.2 Å². The number of hydrogen-bond donors (Lipinski definition) is 0. The van der Waals surface area contributed by atoms with Gasteiger partial charge in [-0.3, -0.25) is 4.79 Å². The van der Waals surface area contributed by atoms with Crippen LogP contribution in [-0.4, -0.2) is 36.9 Å². The summed E-state index contributed by atoms with van der Waals surface area (Å²) in [6.07, 6.45) is 2.76. The Bertz CT molecular complexity index is 1140. The van der Waals surface area contributed by atoms with Crippen LogP contribution in [0.1, 0.15) is 51.2 Å². The van der Waals surface area contributed by atoms with Crippen molar-refractivity contribution in [3.63, 3.8) is 0 Å². The first kappa shape index (κ1) is 28.1. The number of hydrogen-bond acceptors (Lipinski definition) is 6. The Morgan fingerprint density at radius 1 is 1.03 bits per heavy atom. The Morgan fingerprint density at radius 3 is 2.21 bits per heavy atom. The molecule has 4 rings (SSSR count). The summed E-state index contributed by atoms with van der Waals surface area (Å²) in [4.78, 5) is 13.1. The van der Waals surface area contributed by atoms with E-state index in [0.717, 1.165) is 17.5 Å². The van der Waals surface area contributed by atoms with E-state index in [9.17, 15) is 4.79 Å². The summed E-state index contributed by atoms with van der Waals surface area (Å²) < 4.78 is 31.1. The van der Waals surface area contributed by atoms with E-state index in [1.165, 1.54) is 0 Å². The molecule has 1 saturated heterocycles. The zero-order valence-electron chi connectivity index (χ0n) is 22.6. The van der Waals surface area contributed by atoms with Gasteiger partial charge in [0.05, 0.1) is 19.6 Å². The average molecular weight is 519 g/mol. The highest BCUT2D eigenvalue weighted by molar-refractivity contribution is 5.74. The predicted molar refractivity (Wildman–Crippen MR) is 144 cm³/mol. The van der Waals surface area contributed by atoms with Crippen molar-refractivity contribution < 1.29 is 28.5 Å². The number of carbonyl (C=O) groups is 1. The van der Waals surface area contributed by atoms with E-state index in [4.69, 9.17) is 23.7 Å². The van der Waals surface area contributed by atoms with Gasteiger partial charge in [-0.25, -0.2) is 0 Å². The van der Waals surface area contributed by atoms with E-state index in [2.05, 4.69) is 25.3 Å². The molecule has 0 amide bonds. The number of ether oxygens (including phenoxy) is 5. The molecule has 1 saturated carbocycles. The van der Waals surface area contributed by atoms with Crippen LogP contribution in [-0.2, 0) is 41.7 Å². The van der Waals surface area contributed by atoms with Gasteiger partial charge in [-0.05, 0) is 42.7 Å². The monoisotopic (exact) mass is 518 g/mol. The molecule has 6 nitrogen and oxygen atoms in total. The minimum atomic E-state index is -1.36. The van der Waals surface area contributed by atoms with E-state index >= 15 is 0 Å². The molecule has 4 unspecified atom stereocenters. The van der Waals surface area contributed by atoms with Crippen molar-refractivity contribution in [3.8, 4) is 11.8 Å². The van der Waals surface area contributed by atoms with Gasteiger partial charge in [0, 0.05) is 5.41 Å². The molecule has 202 valence electrons. The van der Waals surface area contributed by atoms with Gasteiger partial charge in [0.15, 0.2) is 0 Å². The Labute approximate surface area is 226 Å². The highest BCUT2D eigenvalue weighted by atomic mass is 16.7. The molecule has 0 radical (unpaired) electrons. The molecule has 0 bridgehead atoms. The van der Waals surface area contributed by atoms with Gasteiger partial charge >= 0.3 is 5.97 Å². The van der Waals surface area contributed by atoms with Gasteiger partial charge in [-0.15, -0.1) is 12.5 Å². The van der Waals surface area contributed by atoms with Crippen molar-refractivity contribution in [3.05, 3.63) is 84.4 Å². The van der Waals surface area contributed by atoms with Crippen LogP contribution in [0.3, 0.4) is 0 Å². The van der Waals surface area contributed by atoms with E-state index in [0.29, 0.717) is 19.6 Å². The molecule has 2 fully saturated rings. The number of carbonyl (C=O) groups excluding carboxylic acids is 1. The Hall–Kier alpha value is -2.95. The van der Waals surface area contributed by atoms with Gasteiger partial charge in [-0.2, -0.15) is 0 Å². The van der Waals surface area contributed by atoms with Crippen LogP contribution in [0, 0.1) is 23.2 Å². The summed E-state index contributed by atoms with van der Waals surface area (Å²) in [5.74, 6) is 5.96. The molecular formula is C32H38O6. The summed E-state index contributed by atoms with van der Waals surface area (Å²) in [5, 5.41) is 0. The maximum atomic E-state index is 13.1. The zero-order valence-corrected chi connectivity index (χ0v) is 22.6. The fraction of sp³-hybridized carbons (Fsp3) is 0.469. The summed E-state index contributed by atoms with van der Waals surface area (Å²) in [5.41, 5.74) is -1.04. The Kier molecular flexibility index (Phi) is 9.07. The van der Waals surface area contributed by atoms with E-state index in [1.54, 1.807) is 13.0 Å². The fourth-order valence-electron chi connectivity index (χ4n) is 5.88. The number of esters is 1. The second kappa shape index (κ2) is 12.3. The molecule has 0 aromatic heterocycles. The van der Waals surface area contributed by atoms with Crippen LogP contribution >= 0.6 is 0 Å². The first-order valence-corrected chi connectivity index (χ1v) is 13.2. The van der Waals surface area contributed by atoms with Crippen LogP contribution in [0.2, 0.25) is 0 Å². The van der Waals surface area contributed by atoms with Gasteiger partial charge in [0.1, 0.15) is 25.3 Å². The molecule has 2 aromatic rings. The highest BCUT2D eigenvalue weighted by Gasteiger charge is 2.72. The summed E-state index contributed by atoms with van der Waals surface area (Å²) in [7, 11) is 0. The molecule has 38 heavy (non-hydrogen) atoms. The van der Waals surface area contributed by atoms with Gasteiger partial charge < -0.3 is 23.7 Å². The Morgan fingerprint density at radius 2 is 1.63 bits per heavy atom. The van der Waals surface area contributed by atoms with E-state index in [1.807, 2.05) is 67.6 Å². The molecule has 2 aliphatic rings. The van der Waals surface area contributed by atoms with Crippen LogP contribution in [0.4, 0.5) is 0 Å². The molecule has 1 aliphatic carbocycles. The lowest BCUT2D eigenvalue weighted by atomic mass is 9.53. The SMILES string of the molecule is C=CC1(C)CC(=O)OC2(C#CC)C(OCOCc3ccccc3)C(C)CC[C@]12OCOCc1ccccc1. The van der Waals surface area contributed by atoms with E-state index in [-0.39, 0.29) is 31.9 Å². The second-order valence-corrected chi connectivity index (χ2v) is 10.4. The molecule has 1 heterocycles. The van der Waals surface area contributed by atoms with Crippen LogP contribution in [0.5, 0.6) is 0 Å². The van der Waals surface area contributed by atoms with Crippen LogP contribution in [0.15, 0.2) is 73.3 Å². The fourth-order valence-corrected chi connectivity index (χ4v) is 5.88. The minimum Gasteiger partial charge on any atom is -0.440 e. The first-order valence-electron chi connectivity index (χ1n) is 13.2. The largest absolute Gasteiger partial charge is 0.440 e. The van der Waals surface area contributed by atoms with Crippen LogP contribution in [0.25, 0.3) is 0 Å². The molecule has 5 atom stereocenters. The standard InChI is InChI=1S/C32H38O6/c1-5-18-31-29(36-23-34-21-26-13-9-7-10-14-26)25(3)17-19-32(31,30(4,6-2)20-28(33)38-31)37-24-35-22-27-15-11-8-12-16-27/h6-16,25,29H,2,17,19-24H2,1,3-4H3/t25?,29?,30?,31?,32-/m0/s1. The van der Waals surface area contributed by atoms with Crippen molar-refractivity contribution in [2.24, 2.45) is 11.3 Å². The second-order valence-electron chi connectivity index (χ2n) is 10.4. The number of benzene rings is 2. The minimum absolute atomic E-state index is 0.00856. The first-order chi connectivity index (χ1) is 18.4. The number of fused-ring (bicyclic) bond motifs is 1. The third-order valence-electron chi connectivity index (χ3n) is 7.88. The lowest BCUT2D eigenvalue weighted by molar-refractivity contribution is -0.322.